The fourth-order valence-electron chi connectivity index (χ4n) is 3.51. The second-order valence-corrected chi connectivity index (χ2v) is 8.48. The van der Waals surface area contributed by atoms with Crippen molar-refractivity contribution in [1.29, 1.82) is 0 Å². The number of halogens is 1. The summed E-state index contributed by atoms with van der Waals surface area (Å²) in [5.41, 5.74) is 8.65. The van der Waals surface area contributed by atoms with Crippen molar-refractivity contribution < 1.29 is 14.3 Å². The van der Waals surface area contributed by atoms with E-state index in [0.29, 0.717) is 29.8 Å². The average molecular weight is 479 g/mol. The van der Waals surface area contributed by atoms with Crippen LogP contribution in [0.2, 0.25) is 5.02 Å². The van der Waals surface area contributed by atoms with Crippen LogP contribution in [0.15, 0.2) is 59.6 Å². The van der Waals surface area contributed by atoms with Gasteiger partial charge in [0.25, 0.3) is 5.91 Å². The second kappa shape index (κ2) is 9.19. The normalized spacial score (nSPS) is 12.9. The maximum absolute atomic E-state index is 11.3. The number of hydrogen-bond acceptors (Lipinski definition) is 7. The van der Waals surface area contributed by atoms with Crippen LogP contribution in [-0.2, 0) is 4.79 Å². The molecule has 1 amide bonds. The molecule has 166 valence electrons. The molecule has 0 saturated carbocycles. The lowest BCUT2D eigenvalue weighted by Gasteiger charge is -2.19. The number of amides is 1. The molecule has 1 aliphatic rings. The summed E-state index contributed by atoms with van der Waals surface area (Å²) in [4.78, 5) is 15.1. The number of carbonyl (C=O) groups is 1. The monoisotopic (exact) mass is 478 g/mol. The zero-order chi connectivity index (χ0) is 22.8. The van der Waals surface area contributed by atoms with Crippen LogP contribution in [0, 0.1) is 0 Å². The third-order valence-electron chi connectivity index (χ3n) is 5.13. The highest BCUT2D eigenvalue weighted by molar-refractivity contribution is 7.13. The van der Waals surface area contributed by atoms with Gasteiger partial charge in [-0.1, -0.05) is 35.9 Å². The molecule has 0 radical (unpaired) electrons. The third kappa shape index (κ3) is 4.41. The van der Waals surface area contributed by atoms with Crippen molar-refractivity contribution in [2.24, 2.45) is 10.7 Å². The van der Waals surface area contributed by atoms with Gasteiger partial charge in [0.1, 0.15) is 13.2 Å². The predicted molar refractivity (Wildman–Crippen MR) is 132 cm³/mol. The molecule has 1 aromatic heterocycles. The number of aliphatic imine (C=N–C) groups is 1. The third-order valence-corrected chi connectivity index (χ3v) is 6.35. The number of nitrogens with zero attached hydrogens (tertiary/aromatic N) is 2. The molecule has 2 heterocycles. The molecule has 5 rings (SSSR count). The molecule has 0 fully saturated rings. The van der Waals surface area contributed by atoms with Crippen LogP contribution < -0.4 is 20.5 Å². The van der Waals surface area contributed by atoms with E-state index in [1.165, 1.54) is 17.7 Å². The number of ether oxygens (including phenoxy) is 2. The Balaban J connectivity index is 1.43. The Bertz CT molecular complexity index is 1390. The van der Waals surface area contributed by atoms with Crippen LogP contribution in [0.25, 0.3) is 21.2 Å². The molecule has 33 heavy (non-hydrogen) atoms. The van der Waals surface area contributed by atoms with Gasteiger partial charge in [-0.15, -0.1) is 0 Å². The number of nitrogens with two attached hydrogens (primary N) is 1. The van der Waals surface area contributed by atoms with Gasteiger partial charge >= 0.3 is 0 Å². The van der Waals surface area contributed by atoms with E-state index in [2.05, 4.69) is 14.7 Å². The van der Waals surface area contributed by atoms with Crippen molar-refractivity contribution in [1.82, 2.24) is 4.37 Å². The highest BCUT2D eigenvalue weighted by atomic mass is 35.5. The van der Waals surface area contributed by atoms with Gasteiger partial charge < -0.3 is 20.5 Å². The predicted octanol–water partition coefficient (Wildman–Crippen LogP) is 5.04. The summed E-state index contributed by atoms with van der Waals surface area (Å²) >= 11 is 8.14. The summed E-state index contributed by atoms with van der Waals surface area (Å²) in [5.74, 6) is 1.79. The first-order valence-electron chi connectivity index (χ1n) is 10.2. The Labute approximate surface area is 199 Å². The highest BCUT2D eigenvalue weighted by Crippen LogP contribution is 2.40. The smallest absolute Gasteiger partial charge is 0.259 e. The van der Waals surface area contributed by atoms with Gasteiger partial charge in [0.2, 0.25) is 0 Å². The van der Waals surface area contributed by atoms with Gasteiger partial charge in [-0.2, -0.15) is 4.37 Å². The SMILES string of the molecule is NCC(=O)N=Cc1ccc2c(Nc3cccc(-c4ccc5c(c4)OCCO5)c3Cl)nsc2c1. The molecule has 0 atom stereocenters. The fraction of sp³-hybridized carbons (Fsp3) is 0.125. The van der Waals surface area contributed by atoms with Gasteiger partial charge in [-0.25, -0.2) is 4.99 Å². The molecule has 0 bridgehead atoms. The lowest BCUT2D eigenvalue weighted by molar-refractivity contribution is -0.116. The molecular formula is C24H19ClN4O3S. The molecule has 0 aliphatic carbocycles. The minimum Gasteiger partial charge on any atom is -0.486 e. The second-order valence-electron chi connectivity index (χ2n) is 7.29. The van der Waals surface area contributed by atoms with E-state index in [1.807, 2.05) is 54.6 Å². The van der Waals surface area contributed by atoms with Gasteiger partial charge in [0.05, 0.1) is 22.0 Å². The number of carbonyl (C=O) groups excluding carboxylic acids is 1. The van der Waals surface area contributed by atoms with Crippen LogP contribution >= 0.6 is 23.1 Å². The summed E-state index contributed by atoms with van der Waals surface area (Å²) in [6, 6.07) is 17.4. The maximum atomic E-state index is 11.3. The lowest BCUT2D eigenvalue weighted by atomic mass is 10.0. The van der Waals surface area contributed by atoms with Crippen LogP contribution in [-0.4, -0.2) is 36.3 Å². The molecule has 1 aliphatic heterocycles. The van der Waals surface area contributed by atoms with Crippen LogP contribution in [0.1, 0.15) is 5.56 Å². The van der Waals surface area contributed by atoms with E-state index in [4.69, 9.17) is 26.8 Å². The number of fused-ring (bicyclic) bond motifs is 2. The Kier molecular flexibility index (Phi) is 5.95. The number of rotatable bonds is 5. The average Bonchev–Trinajstić information content (AvgIpc) is 3.25. The molecule has 3 N–H and O–H groups in total. The summed E-state index contributed by atoms with van der Waals surface area (Å²) in [6.45, 7) is 0.966. The van der Waals surface area contributed by atoms with Crippen molar-refractivity contribution >= 4 is 56.8 Å². The van der Waals surface area contributed by atoms with Gasteiger partial charge in [0, 0.05) is 17.2 Å². The molecule has 0 spiro atoms. The van der Waals surface area contributed by atoms with E-state index in [1.54, 1.807) is 0 Å². The van der Waals surface area contributed by atoms with Gasteiger partial charge in [0.15, 0.2) is 17.3 Å². The molecule has 4 aromatic rings. The van der Waals surface area contributed by atoms with Gasteiger partial charge in [-0.05, 0) is 53.0 Å². The van der Waals surface area contributed by atoms with Crippen LogP contribution in [0.3, 0.4) is 0 Å². The van der Waals surface area contributed by atoms with Crippen molar-refractivity contribution in [2.45, 2.75) is 0 Å². The van der Waals surface area contributed by atoms with Crippen LogP contribution in [0.5, 0.6) is 11.5 Å². The maximum Gasteiger partial charge on any atom is 0.259 e. The minimum absolute atomic E-state index is 0.112. The van der Waals surface area contributed by atoms with Crippen molar-refractivity contribution in [3.05, 3.63) is 65.2 Å². The topological polar surface area (TPSA) is 98.8 Å². The first-order valence-corrected chi connectivity index (χ1v) is 11.4. The quantitative estimate of drug-likeness (QED) is 0.390. The molecule has 7 nitrogen and oxygen atoms in total. The summed E-state index contributed by atoms with van der Waals surface area (Å²) in [6.07, 6.45) is 1.51. The van der Waals surface area contributed by atoms with E-state index in [-0.39, 0.29) is 12.5 Å². The molecule has 9 heteroatoms. The molecule has 3 aromatic carbocycles. The van der Waals surface area contributed by atoms with Crippen molar-refractivity contribution in [3.63, 3.8) is 0 Å². The van der Waals surface area contributed by atoms with E-state index in [9.17, 15) is 4.79 Å². The number of hydrogen-bond donors (Lipinski definition) is 2. The van der Waals surface area contributed by atoms with Crippen LogP contribution in [0.4, 0.5) is 11.5 Å². The van der Waals surface area contributed by atoms with E-state index < -0.39 is 0 Å². The Morgan fingerprint density at radius 1 is 1.15 bits per heavy atom. The number of nitrogens with one attached hydrogen (secondary N) is 1. The zero-order valence-electron chi connectivity index (χ0n) is 17.4. The molecule has 0 unspecified atom stereocenters. The molecular weight excluding hydrogens is 460 g/mol. The largest absolute Gasteiger partial charge is 0.486 e. The first-order chi connectivity index (χ1) is 16.1. The highest BCUT2D eigenvalue weighted by Gasteiger charge is 2.16. The fourth-order valence-corrected chi connectivity index (χ4v) is 4.58. The Morgan fingerprint density at radius 2 is 2.00 bits per heavy atom. The van der Waals surface area contributed by atoms with Crippen molar-refractivity contribution in [3.8, 4) is 22.6 Å². The standard InChI is InChI=1S/C24H19ClN4O3S/c25-23-16(15-5-7-19-20(11-15)32-9-8-31-19)2-1-3-18(23)28-24-17-6-4-14(10-21(17)33-29-24)13-27-22(30)12-26/h1-7,10-11,13H,8-9,12,26H2,(H,28,29). The van der Waals surface area contributed by atoms with E-state index in [0.717, 1.165) is 38.2 Å². The summed E-state index contributed by atoms with van der Waals surface area (Å²) < 4.78 is 16.8. The Morgan fingerprint density at radius 3 is 2.85 bits per heavy atom. The zero-order valence-corrected chi connectivity index (χ0v) is 18.9. The number of aromatic nitrogens is 1. The minimum atomic E-state index is -0.366. The number of anilines is 2. The lowest BCUT2D eigenvalue weighted by Crippen LogP contribution is -2.15. The first kappa shape index (κ1) is 21.4. The van der Waals surface area contributed by atoms with Gasteiger partial charge in [-0.3, -0.25) is 4.79 Å². The van der Waals surface area contributed by atoms with E-state index >= 15 is 0 Å². The van der Waals surface area contributed by atoms with Crippen molar-refractivity contribution in [2.75, 3.05) is 25.1 Å². The summed E-state index contributed by atoms with van der Waals surface area (Å²) in [7, 11) is 0. The number of benzene rings is 3. The Hall–Kier alpha value is -3.46. The summed E-state index contributed by atoms with van der Waals surface area (Å²) in [5, 5.41) is 4.88. The molecule has 0 saturated heterocycles.